The summed E-state index contributed by atoms with van der Waals surface area (Å²) in [6, 6.07) is 7.75. The molecule has 80 valence electrons. The van der Waals surface area contributed by atoms with Crippen LogP contribution in [0.2, 0.25) is 5.02 Å². The summed E-state index contributed by atoms with van der Waals surface area (Å²) in [6.45, 7) is 4.02. The summed E-state index contributed by atoms with van der Waals surface area (Å²) < 4.78 is 2.04. The van der Waals surface area contributed by atoms with Crippen LogP contribution in [-0.2, 0) is 0 Å². The van der Waals surface area contributed by atoms with Crippen LogP contribution in [0.3, 0.4) is 0 Å². The predicted molar refractivity (Wildman–Crippen MR) is 65.0 cm³/mol. The first kappa shape index (κ1) is 9.60. The maximum Gasteiger partial charge on any atom is 0.235 e. The molecule has 3 nitrogen and oxygen atoms in total. The maximum atomic E-state index is 5.95. The molecule has 0 aliphatic carbocycles. The average Bonchev–Trinajstić information content (AvgIpc) is 2.54. The second kappa shape index (κ2) is 3.19. The van der Waals surface area contributed by atoms with Crippen molar-refractivity contribution in [3.63, 3.8) is 0 Å². The Labute approximate surface area is 97.7 Å². The normalized spacial score (nSPS) is 11.4. The molecule has 16 heavy (non-hydrogen) atoms. The first-order chi connectivity index (χ1) is 7.65. The van der Waals surface area contributed by atoms with E-state index in [1.807, 2.05) is 35.6 Å². The summed E-state index contributed by atoms with van der Waals surface area (Å²) in [6.07, 6.45) is 0. The number of halogens is 1. The highest BCUT2D eigenvalue weighted by Crippen LogP contribution is 2.21. The number of benzene rings is 1. The van der Waals surface area contributed by atoms with Crippen LogP contribution in [0.15, 0.2) is 24.3 Å². The van der Waals surface area contributed by atoms with E-state index in [1.54, 1.807) is 0 Å². The van der Waals surface area contributed by atoms with Crippen molar-refractivity contribution in [2.45, 2.75) is 13.8 Å². The van der Waals surface area contributed by atoms with Crippen LogP contribution in [0, 0.1) is 13.8 Å². The summed E-state index contributed by atoms with van der Waals surface area (Å²) in [7, 11) is 0. The molecular weight excluding hydrogens is 222 g/mol. The average molecular weight is 232 g/mol. The van der Waals surface area contributed by atoms with Crippen LogP contribution < -0.4 is 0 Å². The number of hydrogen-bond donors (Lipinski definition) is 0. The quantitative estimate of drug-likeness (QED) is 0.595. The molecule has 4 heteroatoms. The highest BCUT2D eigenvalue weighted by molar-refractivity contribution is 6.31. The second-order valence-electron chi connectivity index (χ2n) is 3.92. The Morgan fingerprint density at radius 1 is 1.12 bits per heavy atom. The third-order valence-corrected chi connectivity index (χ3v) is 2.88. The topological polar surface area (TPSA) is 30.2 Å². The van der Waals surface area contributed by atoms with Crippen molar-refractivity contribution in [2.24, 2.45) is 0 Å². The molecule has 0 atom stereocenters. The molecule has 1 aromatic carbocycles. The van der Waals surface area contributed by atoms with E-state index in [0.29, 0.717) is 5.02 Å². The summed E-state index contributed by atoms with van der Waals surface area (Å²) in [5, 5.41) is 0.699. The minimum Gasteiger partial charge on any atom is -0.281 e. The van der Waals surface area contributed by atoms with E-state index in [9.17, 15) is 0 Å². The maximum absolute atomic E-state index is 5.95. The molecular formula is C12H10ClN3. The summed E-state index contributed by atoms with van der Waals surface area (Å²) >= 11 is 5.95. The van der Waals surface area contributed by atoms with Gasteiger partial charge in [-0.3, -0.25) is 4.40 Å². The van der Waals surface area contributed by atoms with E-state index >= 15 is 0 Å². The van der Waals surface area contributed by atoms with Crippen LogP contribution in [0.25, 0.3) is 16.8 Å². The molecule has 0 fully saturated rings. The van der Waals surface area contributed by atoms with Crippen LogP contribution in [0.1, 0.15) is 11.4 Å². The fourth-order valence-corrected chi connectivity index (χ4v) is 2.19. The zero-order valence-electron chi connectivity index (χ0n) is 9.03. The van der Waals surface area contributed by atoms with Gasteiger partial charge in [-0.15, -0.1) is 0 Å². The monoisotopic (exact) mass is 231 g/mol. The Balaban J connectivity index is 2.56. The lowest BCUT2D eigenvalue weighted by atomic mass is 10.3. The molecule has 0 radical (unpaired) electrons. The van der Waals surface area contributed by atoms with E-state index in [0.717, 1.165) is 28.2 Å². The van der Waals surface area contributed by atoms with Crippen molar-refractivity contribution >= 4 is 28.4 Å². The van der Waals surface area contributed by atoms with Crippen LogP contribution >= 0.6 is 11.6 Å². The summed E-state index contributed by atoms with van der Waals surface area (Å²) in [5.74, 6) is 0.731. The molecule has 0 bridgehead atoms. The van der Waals surface area contributed by atoms with Gasteiger partial charge in [0.2, 0.25) is 5.78 Å². The van der Waals surface area contributed by atoms with Crippen molar-refractivity contribution in [1.29, 1.82) is 0 Å². The third-order valence-electron chi connectivity index (χ3n) is 2.65. The lowest BCUT2D eigenvalue weighted by Gasteiger charge is -2.01. The van der Waals surface area contributed by atoms with Gasteiger partial charge in [-0.2, -0.15) is 0 Å². The van der Waals surface area contributed by atoms with E-state index < -0.39 is 0 Å². The Bertz CT molecular complexity index is 700. The van der Waals surface area contributed by atoms with Crippen molar-refractivity contribution in [2.75, 3.05) is 0 Å². The molecule has 2 aromatic heterocycles. The molecule has 0 amide bonds. The van der Waals surface area contributed by atoms with Crippen LogP contribution in [-0.4, -0.2) is 14.4 Å². The molecule has 3 aromatic rings. The molecule has 3 rings (SSSR count). The largest absolute Gasteiger partial charge is 0.281 e. The minimum atomic E-state index is 0.699. The van der Waals surface area contributed by atoms with E-state index in [2.05, 4.69) is 16.9 Å². The predicted octanol–water partition coefficient (Wildman–Crippen LogP) is 3.15. The lowest BCUT2D eigenvalue weighted by molar-refractivity contribution is 1.03. The van der Waals surface area contributed by atoms with E-state index in [4.69, 9.17) is 11.6 Å². The lowest BCUT2D eigenvalue weighted by Crippen LogP contribution is -1.95. The Kier molecular flexibility index (Phi) is 1.91. The first-order valence-corrected chi connectivity index (χ1v) is 5.45. The molecule has 0 unspecified atom stereocenters. The van der Waals surface area contributed by atoms with Gasteiger partial charge in [-0.25, -0.2) is 9.97 Å². The van der Waals surface area contributed by atoms with Gasteiger partial charge in [-0.1, -0.05) is 11.6 Å². The number of hydrogen-bond acceptors (Lipinski definition) is 2. The number of aryl methyl sites for hydroxylation is 2. The number of imidazole rings is 1. The number of rotatable bonds is 0. The van der Waals surface area contributed by atoms with Gasteiger partial charge < -0.3 is 0 Å². The zero-order chi connectivity index (χ0) is 11.3. The van der Waals surface area contributed by atoms with Crippen molar-refractivity contribution in [3.05, 3.63) is 40.7 Å². The van der Waals surface area contributed by atoms with E-state index in [1.165, 1.54) is 0 Å². The van der Waals surface area contributed by atoms with Gasteiger partial charge in [0.15, 0.2) is 0 Å². The zero-order valence-corrected chi connectivity index (χ0v) is 9.78. The minimum absolute atomic E-state index is 0.699. The van der Waals surface area contributed by atoms with Gasteiger partial charge in [0.25, 0.3) is 0 Å². The number of aromatic nitrogens is 3. The molecule has 0 spiro atoms. The molecule has 0 aliphatic rings. The van der Waals surface area contributed by atoms with Crippen molar-refractivity contribution in [3.8, 4) is 0 Å². The number of nitrogens with zero attached hydrogens (tertiary/aromatic N) is 3. The smallest absolute Gasteiger partial charge is 0.235 e. The van der Waals surface area contributed by atoms with Gasteiger partial charge in [0.05, 0.1) is 11.0 Å². The fraction of sp³-hybridized carbons (Fsp3) is 0.167. The molecule has 0 saturated carbocycles. The Hall–Kier alpha value is -1.61. The van der Waals surface area contributed by atoms with Crippen molar-refractivity contribution < 1.29 is 0 Å². The Morgan fingerprint density at radius 2 is 1.94 bits per heavy atom. The highest BCUT2D eigenvalue weighted by Gasteiger charge is 2.08. The van der Waals surface area contributed by atoms with E-state index in [-0.39, 0.29) is 0 Å². The van der Waals surface area contributed by atoms with Gasteiger partial charge >= 0.3 is 0 Å². The summed E-state index contributed by atoms with van der Waals surface area (Å²) in [4.78, 5) is 8.88. The molecule has 0 N–H and O–H groups in total. The van der Waals surface area contributed by atoms with Gasteiger partial charge in [0.1, 0.15) is 0 Å². The van der Waals surface area contributed by atoms with Crippen LogP contribution in [0.4, 0.5) is 0 Å². The summed E-state index contributed by atoms with van der Waals surface area (Å²) in [5.41, 5.74) is 4.04. The van der Waals surface area contributed by atoms with Gasteiger partial charge in [0, 0.05) is 16.4 Å². The highest BCUT2D eigenvalue weighted by atomic mass is 35.5. The van der Waals surface area contributed by atoms with Crippen LogP contribution in [0.5, 0.6) is 0 Å². The Morgan fingerprint density at radius 3 is 2.75 bits per heavy atom. The van der Waals surface area contributed by atoms with Gasteiger partial charge in [-0.05, 0) is 38.1 Å². The molecule has 0 saturated heterocycles. The number of fused-ring (bicyclic) bond motifs is 3. The standard InChI is InChI=1S/C12H10ClN3/c1-7-5-8(2)16-11-4-3-9(13)6-10(11)15-12(16)14-7/h3-6H,1-2H3. The molecule has 2 heterocycles. The second-order valence-corrected chi connectivity index (χ2v) is 4.36. The first-order valence-electron chi connectivity index (χ1n) is 5.07. The fourth-order valence-electron chi connectivity index (χ4n) is 2.02. The third kappa shape index (κ3) is 1.28. The van der Waals surface area contributed by atoms with Crippen molar-refractivity contribution in [1.82, 2.24) is 14.4 Å². The SMILES string of the molecule is Cc1cc(C)n2c(n1)nc1cc(Cl)ccc12. The molecule has 0 aliphatic heterocycles.